The summed E-state index contributed by atoms with van der Waals surface area (Å²) in [5.41, 5.74) is 12.2. The van der Waals surface area contributed by atoms with Crippen LogP contribution in [0.15, 0.2) is 25.3 Å². The lowest BCUT2D eigenvalue weighted by molar-refractivity contribution is -0.204. The Morgan fingerprint density at radius 1 is 0.756 bits per heavy atom. The number of hydrogen-bond acceptors (Lipinski definition) is 16. The molecule has 3 aliphatic heterocycles. The van der Waals surface area contributed by atoms with E-state index in [-0.39, 0.29) is 43.1 Å². The number of aliphatic hydroxyl groups is 4. The van der Waals surface area contributed by atoms with Crippen molar-refractivity contribution in [2.45, 2.75) is 80.5 Å². The van der Waals surface area contributed by atoms with Crippen molar-refractivity contribution in [3.8, 4) is 0 Å². The molecule has 5 fully saturated rings. The Morgan fingerprint density at radius 3 is 1.84 bits per heavy atom. The summed E-state index contributed by atoms with van der Waals surface area (Å²) in [6, 6.07) is 0. The van der Waals surface area contributed by atoms with E-state index >= 15 is 0 Å². The molecule has 10 atom stereocenters. The molecule has 4 aromatic heterocycles. The van der Waals surface area contributed by atoms with Gasteiger partial charge in [-0.25, -0.2) is 29.9 Å². The fraction of sp³-hybridized carbons (Fsp3) is 0.630. The highest BCUT2D eigenvalue weighted by molar-refractivity contribution is 5.81. The lowest BCUT2D eigenvalue weighted by Gasteiger charge is -2.25. The summed E-state index contributed by atoms with van der Waals surface area (Å²) in [4.78, 5) is 24.6. The highest BCUT2D eigenvalue weighted by atomic mass is 16.8. The lowest BCUT2D eigenvalue weighted by Crippen LogP contribution is -2.34. The van der Waals surface area contributed by atoms with Crippen LogP contribution in [0, 0.1) is 11.8 Å². The van der Waals surface area contributed by atoms with Crippen molar-refractivity contribution >= 4 is 34.0 Å². The summed E-state index contributed by atoms with van der Waals surface area (Å²) in [5, 5.41) is 39.3. The van der Waals surface area contributed by atoms with E-state index in [0.29, 0.717) is 34.6 Å². The van der Waals surface area contributed by atoms with E-state index in [0.717, 1.165) is 6.42 Å². The van der Waals surface area contributed by atoms with Crippen LogP contribution in [0.25, 0.3) is 22.3 Å². The Labute approximate surface area is 254 Å². The third-order valence-electron chi connectivity index (χ3n) is 9.64. The van der Waals surface area contributed by atoms with Gasteiger partial charge in [-0.3, -0.25) is 9.13 Å². The van der Waals surface area contributed by atoms with Crippen LogP contribution in [0.5, 0.6) is 0 Å². The van der Waals surface area contributed by atoms with Crippen molar-refractivity contribution in [2.24, 2.45) is 11.8 Å². The van der Waals surface area contributed by atoms with Crippen LogP contribution in [-0.4, -0.2) is 114 Å². The smallest absolute Gasteiger partial charge is 0.167 e. The molecule has 2 spiro atoms. The zero-order valence-corrected chi connectivity index (χ0v) is 24.4. The van der Waals surface area contributed by atoms with Gasteiger partial charge in [-0.15, -0.1) is 0 Å². The van der Waals surface area contributed by atoms with Gasteiger partial charge < -0.3 is 50.8 Å². The molecule has 5 aliphatic rings. The molecule has 0 bridgehead atoms. The summed E-state index contributed by atoms with van der Waals surface area (Å²) in [5.74, 6) is -0.242. The van der Waals surface area contributed by atoms with Crippen LogP contribution < -0.4 is 11.5 Å². The van der Waals surface area contributed by atoms with Gasteiger partial charge in [0.15, 0.2) is 41.2 Å². The van der Waals surface area contributed by atoms with Gasteiger partial charge in [0.05, 0.1) is 12.7 Å². The average molecular weight is 627 g/mol. The molecule has 18 nitrogen and oxygen atoms in total. The minimum absolute atomic E-state index is 0.0574. The van der Waals surface area contributed by atoms with E-state index in [1.165, 1.54) is 23.5 Å². The van der Waals surface area contributed by atoms with Gasteiger partial charge in [0.2, 0.25) is 0 Å². The summed E-state index contributed by atoms with van der Waals surface area (Å²) in [6.07, 6.45) is 3.09. The van der Waals surface area contributed by atoms with Crippen LogP contribution in [0.2, 0.25) is 0 Å². The number of rotatable bonds is 4. The number of fused-ring (bicyclic) bond motifs is 4. The van der Waals surface area contributed by atoms with Gasteiger partial charge >= 0.3 is 0 Å². The van der Waals surface area contributed by atoms with E-state index in [1.54, 1.807) is 6.33 Å². The SMILES string of the molecule is CC1(C)OC2[C@H](n3cnc4c(N)ncnc43)O[C@@]3(C[C@H]3CO)[C@@H]2O1.Nc1ncnc2c1ncn2[C@@H]1O[C@@]2(C[C@H]2CO)[C@H](O)C1O. The molecule has 240 valence electrons. The van der Waals surface area contributed by atoms with Crippen molar-refractivity contribution in [2.75, 3.05) is 24.7 Å². The molecule has 45 heavy (non-hydrogen) atoms. The number of imidazole rings is 2. The minimum atomic E-state index is -1.13. The highest BCUT2D eigenvalue weighted by Crippen LogP contribution is 2.62. The number of nitrogen functional groups attached to an aromatic ring is 2. The number of nitrogens with zero attached hydrogens (tertiary/aromatic N) is 8. The summed E-state index contributed by atoms with van der Waals surface area (Å²) in [6.45, 7) is 3.76. The fourth-order valence-electron chi connectivity index (χ4n) is 7.18. The summed E-state index contributed by atoms with van der Waals surface area (Å²) >= 11 is 0. The molecule has 2 saturated carbocycles. The molecule has 18 heteroatoms. The molecule has 8 N–H and O–H groups in total. The maximum Gasteiger partial charge on any atom is 0.167 e. The third kappa shape index (κ3) is 4.10. The largest absolute Gasteiger partial charge is 0.396 e. The zero-order valence-electron chi connectivity index (χ0n) is 24.4. The van der Waals surface area contributed by atoms with Crippen molar-refractivity contribution in [1.82, 2.24) is 39.0 Å². The van der Waals surface area contributed by atoms with Crippen LogP contribution in [0.3, 0.4) is 0 Å². The Kier molecular flexibility index (Phi) is 6.21. The van der Waals surface area contributed by atoms with Gasteiger partial charge in [0, 0.05) is 25.0 Å². The number of ether oxygens (including phenoxy) is 4. The van der Waals surface area contributed by atoms with Gasteiger partial charge in [-0.2, -0.15) is 0 Å². The first-order valence-electron chi connectivity index (χ1n) is 14.7. The van der Waals surface area contributed by atoms with Crippen molar-refractivity contribution in [3.63, 3.8) is 0 Å². The maximum atomic E-state index is 10.3. The van der Waals surface area contributed by atoms with Gasteiger partial charge in [-0.1, -0.05) is 0 Å². The van der Waals surface area contributed by atoms with Crippen LogP contribution in [0.1, 0.15) is 39.1 Å². The molecule has 2 unspecified atom stereocenters. The quantitative estimate of drug-likeness (QED) is 0.152. The van der Waals surface area contributed by atoms with Gasteiger partial charge in [-0.05, 0) is 26.7 Å². The normalized spacial score (nSPS) is 39.1. The molecule has 7 heterocycles. The molecular formula is C27H34N10O8. The molecule has 0 amide bonds. The number of aromatic nitrogens is 8. The Balaban J connectivity index is 0.000000135. The number of anilines is 2. The molecule has 0 radical (unpaired) electrons. The van der Waals surface area contributed by atoms with E-state index in [4.69, 9.17) is 30.4 Å². The highest BCUT2D eigenvalue weighted by Gasteiger charge is 2.73. The van der Waals surface area contributed by atoms with Crippen molar-refractivity contribution < 1.29 is 39.4 Å². The monoisotopic (exact) mass is 626 g/mol. The molecule has 0 aromatic carbocycles. The first-order chi connectivity index (χ1) is 21.5. The molecule has 4 aromatic rings. The Bertz CT molecular complexity index is 1780. The van der Waals surface area contributed by atoms with E-state index in [9.17, 15) is 20.4 Å². The molecule has 3 saturated heterocycles. The van der Waals surface area contributed by atoms with Crippen LogP contribution in [-0.2, 0) is 18.9 Å². The first kappa shape index (κ1) is 28.8. The summed E-state index contributed by atoms with van der Waals surface area (Å²) in [7, 11) is 0. The van der Waals surface area contributed by atoms with Crippen molar-refractivity contribution in [1.29, 1.82) is 0 Å². The zero-order chi connectivity index (χ0) is 31.5. The Hall–Kier alpha value is -3.62. The standard InChI is InChI=1S/C15H19N5O4.C12H15N5O4/c1-14(2)22-9-10(23-14)15(3-7(15)4-21)24-13(9)20-6-19-8-11(16)17-5-18-12(8)20;13-9-6-10(15-3-14-9)17(4-16-6)11-7(19)8(20)12(21-11)1-5(12)2-18/h5-7,9-10,13,21H,3-4H2,1-2H3,(H2,16,17,18);3-5,7-8,11,18-20H,1-2H2,(H2,13,14,15)/t7-,9?,10+,13+,15+;5-,7?,8+,11+,12+/m00/s1. The third-order valence-corrected chi connectivity index (χ3v) is 9.64. The lowest BCUT2D eigenvalue weighted by atomic mass is 10.1. The predicted molar refractivity (Wildman–Crippen MR) is 151 cm³/mol. The fourth-order valence-corrected chi connectivity index (χ4v) is 7.18. The number of hydrogen-bond donors (Lipinski definition) is 6. The van der Waals surface area contributed by atoms with E-state index in [2.05, 4.69) is 29.9 Å². The maximum absolute atomic E-state index is 10.3. The van der Waals surface area contributed by atoms with Crippen LogP contribution >= 0.6 is 0 Å². The average Bonchev–Trinajstić information content (AvgIpc) is 3.54. The predicted octanol–water partition coefficient (Wildman–Crippen LogP) is -1.38. The first-order valence-corrected chi connectivity index (χ1v) is 14.7. The second kappa shape index (κ2) is 9.69. The van der Waals surface area contributed by atoms with E-state index < -0.39 is 41.7 Å². The molecular weight excluding hydrogens is 592 g/mol. The second-order valence-corrected chi connectivity index (χ2v) is 12.7. The summed E-state index contributed by atoms with van der Waals surface area (Å²) < 4.78 is 27.7. The van der Waals surface area contributed by atoms with Crippen molar-refractivity contribution in [3.05, 3.63) is 25.3 Å². The Morgan fingerprint density at radius 2 is 1.29 bits per heavy atom. The van der Waals surface area contributed by atoms with E-state index in [1.807, 2.05) is 18.4 Å². The minimum Gasteiger partial charge on any atom is -0.396 e. The van der Waals surface area contributed by atoms with Crippen LogP contribution in [0.4, 0.5) is 11.6 Å². The number of nitrogens with two attached hydrogens (primary N) is 2. The van der Waals surface area contributed by atoms with Gasteiger partial charge in [0.25, 0.3) is 0 Å². The second-order valence-electron chi connectivity index (χ2n) is 12.7. The molecule has 9 rings (SSSR count). The topological polar surface area (TPSA) is 257 Å². The number of aliphatic hydroxyl groups excluding tert-OH is 4. The van der Waals surface area contributed by atoms with Gasteiger partial charge in [0.1, 0.15) is 59.3 Å². The molecule has 2 aliphatic carbocycles.